The third kappa shape index (κ3) is 2.15. The van der Waals surface area contributed by atoms with Crippen LogP contribution in [0.3, 0.4) is 0 Å². The molecule has 0 aliphatic carbocycles. The Morgan fingerprint density at radius 2 is 2.32 bits per heavy atom. The fourth-order valence-electron chi connectivity index (χ4n) is 2.15. The second-order valence-electron chi connectivity index (χ2n) is 4.49. The van der Waals surface area contributed by atoms with E-state index in [0.29, 0.717) is 40.6 Å². The van der Waals surface area contributed by atoms with Gasteiger partial charge in [-0.25, -0.2) is 9.97 Å². The maximum atomic E-state index is 12.5. The average molecular weight is 278 g/mol. The molecule has 2 N–H and O–H groups in total. The molecule has 19 heavy (non-hydrogen) atoms. The summed E-state index contributed by atoms with van der Waals surface area (Å²) in [6.07, 6.45) is 3.24. The summed E-state index contributed by atoms with van der Waals surface area (Å²) in [7, 11) is 0. The number of nitrogens with zero attached hydrogens (tertiary/aromatic N) is 3. The number of amides is 1. The molecule has 0 saturated carbocycles. The molecule has 0 radical (unpaired) electrons. The Labute approximate surface area is 114 Å². The van der Waals surface area contributed by atoms with Crippen molar-refractivity contribution in [3.8, 4) is 0 Å². The Hall–Kier alpha value is -1.73. The summed E-state index contributed by atoms with van der Waals surface area (Å²) in [5, 5.41) is 0. The van der Waals surface area contributed by atoms with Gasteiger partial charge >= 0.3 is 0 Å². The molecule has 0 aromatic carbocycles. The largest absolute Gasteiger partial charge is 0.396 e. The SMILES string of the molecule is CC1CN(C(=O)c2sc3nccnc3c2N)CCO1. The molecule has 1 atom stereocenters. The zero-order valence-electron chi connectivity index (χ0n) is 10.5. The smallest absolute Gasteiger partial charge is 0.266 e. The first-order valence-electron chi connectivity index (χ1n) is 6.06. The Balaban J connectivity index is 1.95. The van der Waals surface area contributed by atoms with E-state index in [-0.39, 0.29) is 12.0 Å². The molecule has 2 aromatic rings. The van der Waals surface area contributed by atoms with E-state index in [2.05, 4.69) is 9.97 Å². The highest BCUT2D eigenvalue weighted by Crippen LogP contribution is 2.31. The van der Waals surface area contributed by atoms with Crippen LogP contribution >= 0.6 is 11.3 Å². The number of hydrogen-bond acceptors (Lipinski definition) is 6. The van der Waals surface area contributed by atoms with Crippen molar-refractivity contribution in [2.75, 3.05) is 25.4 Å². The van der Waals surface area contributed by atoms with Crippen LogP contribution in [0.4, 0.5) is 5.69 Å². The van der Waals surface area contributed by atoms with Crippen LogP contribution in [0.1, 0.15) is 16.6 Å². The summed E-state index contributed by atoms with van der Waals surface area (Å²) in [5.74, 6) is -0.0579. The lowest BCUT2D eigenvalue weighted by Gasteiger charge is -2.30. The van der Waals surface area contributed by atoms with Crippen LogP contribution in [0.2, 0.25) is 0 Å². The van der Waals surface area contributed by atoms with E-state index < -0.39 is 0 Å². The van der Waals surface area contributed by atoms with E-state index in [9.17, 15) is 4.79 Å². The van der Waals surface area contributed by atoms with E-state index >= 15 is 0 Å². The van der Waals surface area contributed by atoms with Crippen molar-refractivity contribution in [1.29, 1.82) is 0 Å². The number of nitrogen functional groups attached to an aromatic ring is 1. The number of hydrogen-bond donors (Lipinski definition) is 1. The number of aromatic nitrogens is 2. The second kappa shape index (κ2) is 4.75. The molecular weight excluding hydrogens is 264 g/mol. The topological polar surface area (TPSA) is 81.3 Å². The summed E-state index contributed by atoms with van der Waals surface area (Å²) < 4.78 is 5.44. The molecule has 6 nitrogen and oxygen atoms in total. The van der Waals surface area contributed by atoms with Gasteiger partial charge in [-0.2, -0.15) is 0 Å². The van der Waals surface area contributed by atoms with Crippen molar-refractivity contribution in [3.05, 3.63) is 17.3 Å². The molecule has 1 aliphatic rings. The maximum absolute atomic E-state index is 12.5. The lowest BCUT2D eigenvalue weighted by Crippen LogP contribution is -2.44. The maximum Gasteiger partial charge on any atom is 0.266 e. The molecule has 1 fully saturated rings. The molecule has 1 aliphatic heterocycles. The van der Waals surface area contributed by atoms with Crippen LogP contribution in [-0.2, 0) is 4.74 Å². The standard InChI is InChI=1S/C12H14N4O2S/c1-7-6-16(4-5-18-7)12(17)10-8(13)9-11(19-10)15-3-2-14-9/h2-3,7H,4-6,13H2,1H3. The van der Waals surface area contributed by atoms with Crippen LogP contribution < -0.4 is 5.73 Å². The highest BCUT2D eigenvalue weighted by molar-refractivity contribution is 7.21. The molecule has 7 heteroatoms. The van der Waals surface area contributed by atoms with Gasteiger partial charge in [0.1, 0.15) is 15.2 Å². The van der Waals surface area contributed by atoms with Crippen molar-refractivity contribution >= 4 is 33.3 Å². The van der Waals surface area contributed by atoms with Crippen molar-refractivity contribution in [2.45, 2.75) is 13.0 Å². The van der Waals surface area contributed by atoms with E-state index in [1.54, 1.807) is 17.3 Å². The van der Waals surface area contributed by atoms with Crippen molar-refractivity contribution in [1.82, 2.24) is 14.9 Å². The summed E-state index contributed by atoms with van der Waals surface area (Å²) in [5.41, 5.74) is 7.05. The molecule has 0 spiro atoms. The highest BCUT2D eigenvalue weighted by Gasteiger charge is 2.26. The van der Waals surface area contributed by atoms with Gasteiger partial charge in [0.2, 0.25) is 0 Å². The van der Waals surface area contributed by atoms with Gasteiger partial charge in [-0.05, 0) is 6.92 Å². The Bertz CT molecular complexity index is 627. The van der Waals surface area contributed by atoms with Gasteiger partial charge in [-0.3, -0.25) is 4.79 Å². The van der Waals surface area contributed by atoms with Crippen LogP contribution in [0.5, 0.6) is 0 Å². The fourth-order valence-corrected chi connectivity index (χ4v) is 3.14. The van der Waals surface area contributed by atoms with Crippen LogP contribution in [0, 0.1) is 0 Å². The summed E-state index contributed by atoms with van der Waals surface area (Å²) in [4.78, 5) is 23.8. The fraction of sp³-hybridized carbons (Fsp3) is 0.417. The highest BCUT2D eigenvalue weighted by atomic mass is 32.1. The lowest BCUT2D eigenvalue weighted by atomic mass is 10.2. The first-order chi connectivity index (χ1) is 9.16. The van der Waals surface area contributed by atoms with Crippen molar-refractivity contribution < 1.29 is 9.53 Å². The van der Waals surface area contributed by atoms with Crippen LogP contribution in [-0.4, -0.2) is 46.6 Å². The van der Waals surface area contributed by atoms with Gasteiger partial charge in [0, 0.05) is 25.5 Å². The summed E-state index contributed by atoms with van der Waals surface area (Å²) >= 11 is 1.30. The molecule has 2 aromatic heterocycles. The van der Waals surface area contributed by atoms with E-state index in [4.69, 9.17) is 10.5 Å². The lowest BCUT2D eigenvalue weighted by molar-refractivity contribution is -0.0122. The number of anilines is 1. The molecule has 1 unspecified atom stereocenters. The minimum atomic E-state index is -0.0579. The molecule has 100 valence electrons. The van der Waals surface area contributed by atoms with E-state index in [1.807, 2.05) is 6.92 Å². The number of carbonyl (C=O) groups excluding carboxylic acids is 1. The number of ether oxygens (including phenoxy) is 1. The molecule has 1 amide bonds. The van der Waals surface area contributed by atoms with Gasteiger partial charge in [-0.1, -0.05) is 0 Å². The first kappa shape index (κ1) is 12.3. The normalized spacial score (nSPS) is 19.8. The van der Waals surface area contributed by atoms with Gasteiger partial charge in [0.15, 0.2) is 0 Å². The van der Waals surface area contributed by atoms with Gasteiger partial charge in [0.25, 0.3) is 5.91 Å². The molecule has 3 rings (SSSR count). The average Bonchev–Trinajstić information content (AvgIpc) is 2.76. The van der Waals surface area contributed by atoms with E-state index in [0.717, 1.165) is 0 Å². The quantitative estimate of drug-likeness (QED) is 0.845. The number of morpholine rings is 1. The van der Waals surface area contributed by atoms with E-state index in [1.165, 1.54) is 11.3 Å². The number of nitrogens with two attached hydrogens (primary N) is 1. The van der Waals surface area contributed by atoms with Crippen molar-refractivity contribution in [3.63, 3.8) is 0 Å². The molecule has 3 heterocycles. The Morgan fingerprint density at radius 3 is 3.05 bits per heavy atom. The monoisotopic (exact) mass is 278 g/mol. The number of fused-ring (bicyclic) bond motifs is 1. The third-order valence-electron chi connectivity index (χ3n) is 3.09. The Morgan fingerprint density at radius 1 is 1.53 bits per heavy atom. The summed E-state index contributed by atoms with van der Waals surface area (Å²) in [6.45, 7) is 3.70. The summed E-state index contributed by atoms with van der Waals surface area (Å²) in [6, 6.07) is 0. The second-order valence-corrected chi connectivity index (χ2v) is 5.49. The van der Waals surface area contributed by atoms with Gasteiger partial charge in [0.05, 0.1) is 18.4 Å². The number of rotatable bonds is 1. The zero-order valence-corrected chi connectivity index (χ0v) is 11.3. The Kier molecular flexibility index (Phi) is 3.08. The minimum Gasteiger partial charge on any atom is -0.396 e. The first-order valence-corrected chi connectivity index (χ1v) is 6.88. The van der Waals surface area contributed by atoms with Crippen LogP contribution in [0.15, 0.2) is 12.4 Å². The number of carbonyl (C=O) groups is 1. The predicted molar refractivity (Wildman–Crippen MR) is 73.1 cm³/mol. The number of thiophene rings is 1. The minimum absolute atomic E-state index is 0.0579. The van der Waals surface area contributed by atoms with Gasteiger partial charge < -0.3 is 15.4 Å². The zero-order chi connectivity index (χ0) is 13.4. The molecule has 0 bridgehead atoms. The molecule has 1 saturated heterocycles. The van der Waals surface area contributed by atoms with Crippen LogP contribution in [0.25, 0.3) is 10.3 Å². The predicted octanol–water partition coefficient (Wildman–Crippen LogP) is 1.13. The van der Waals surface area contributed by atoms with Crippen molar-refractivity contribution in [2.24, 2.45) is 0 Å². The van der Waals surface area contributed by atoms with Gasteiger partial charge in [-0.15, -0.1) is 11.3 Å². The molecular formula is C12H14N4O2S. The third-order valence-corrected chi connectivity index (χ3v) is 4.18.